The van der Waals surface area contributed by atoms with Gasteiger partial charge in [0.2, 0.25) is 5.91 Å². The van der Waals surface area contributed by atoms with E-state index in [9.17, 15) is 4.79 Å². The highest BCUT2D eigenvalue weighted by Crippen LogP contribution is 2.10. The first kappa shape index (κ1) is 13.7. The van der Waals surface area contributed by atoms with Gasteiger partial charge in [0.15, 0.2) is 0 Å². The molecule has 0 saturated heterocycles. The van der Waals surface area contributed by atoms with E-state index in [4.69, 9.17) is 10.5 Å². The molecule has 0 saturated carbocycles. The maximum atomic E-state index is 11.8. The Morgan fingerprint density at radius 3 is 2.82 bits per heavy atom. The van der Waals surface area contributed by atoms with E-state index >= 15 is 0 Å². The molecule has 1 heterocycles. The summed E-state index contributed by atoms with van der Waals surface area (Å²) in [5, 5.41) is 6.73. The minimum atomic E-state index is -0.698. The van der Waals surface area contributed by atoms with Crippen LogP contribution >= 0.6 is 0 Å². The third-order valence-corrected chi connectivity index (χ3v) is 2.61. The summed E-state index contributed by atoms with van der Waals surface area (Å²) in [5.74, 6) is -0.233. The largest absolute Gasteiger partial charge is 0.377 e. The molecule has 0 radical (unpaired) electrons. The van der Waals surface area contributed by atoms with Gasteiger partial charge in [-0.3, -0.25) is 9.48 Å². The van der Waals surface area contributed by atoms with Gasteiger partial charge >= 0.3 is 0 Å². The van der Waals surface area contributed by atoms with Crippen molar-refractivity contribution in [3.63, 3.8) is 0 Å². The van der Waals surface area contributed by atoms with E-state index in [1.165, 1.54) is 0 Å². The number of methoxy groups -OCH3 is 1. The number of hydrogen-bond donors (Lipinski definition) is 2. The predicted octanol–water partition coefficient (Wildman–Crippen LogP) is -0.0389. The van der Waals surface area contributed by atoms with Gasteiger partial charge in [0, 0.05) is 32.5 Å². The summed E-state index contributed by atoms with van der Waals surface area (Å²) in [7, 11) is 3.38. The number of nitrogens with zero attached hydrogens (tertiary/aromatic N) is 2. The Bertz CT molecular complexity index is 387. The molecule has 0 aliphatic heterocycles. The van der Waals surface area contributed by atoms with Crippen LogP contribution in [0.1, 0.15) is 25.5 Å². The molecule has 0 aromatic carbocycles. The van der Waals surface area contributed by atoms with Crippen molar-refractivity contribution in [3.05, 3.63) is 18.0 Å². The highest BCUT2D eigenvalue weighted by atomic mass is 16.5. The number of hydrogen-bond acceptors (Lipinski definition) is 4. The SMILES string of the molecule is COC(C)(C)CNC(=O)C(N)c1cnn(C)c1. The van der Waals surface area contributed by atoms with Crippen molar-refractivity contribution in [3.8, 4) is 0 Å². The smallest absolute Gasteiger partial charge is 0.241 e. The molecule has 1 atom stereocenters. The fourth-order valence-corrected chi connectivity index (χ4v) is 1.23. The molecule has 96 valence electrons. The second-order valence-corrected chi connectivity index (χ2v) is 4.61. The minimum absolute atomic E-state index is 0.233. The van der Waals surface area contributed by atoms with Crippen LogP contribution in [0.25, 0.3) is 0 Å². The Morgan fingerprint density at radius 2 is 2.35 bits per heavy atom. The number of aromatic nitrogens is 2. The summed E-state index contributed by atoms with van der Waals surface area (Å²) >= 11 is 0. The molecule has 17 heavy (non-hydrogen) atoms. The highest BCUT2D eigenvalue weighted by Gasteiger charge is 2.21. The second-order valence-electron chi connectivity index (χ2n) is 4.61. The first-order valence-corrected chi connectivity index (χ1v) is 5.43. The number of aryl methyl sites for hydroxylation is 1. The maximum Gasteiger partial charge on any atom is 0.241 e. The number of nitrogens with one attached hydrogen (secondary N) is 1. The van der Waals surface area contributed by atoms with Crippen LogP contribution in [0.15, 0.2) is 12.4 Å². The van der Waals surface area contributed by atoms with Crippen molar-refractivity contribution in [1.29, 1.82) is 0 Å². The third-order valence-electron chi connectivity index (χ3n) is 2.61. The minimum Gasteiger partial charge on any atom is -0.377 e. The van der Waals surface area contributed by atoms with Gasteiger partial charge in [0.25, 0.3) is 0 Å². The zero-order valence-corrected chi connectivity index (χ0v) is 10.7. The molecule has 3 N–H and O–H groups in total. The fraction of sp³-hybridized carbons (Fsp3) is 0.636. The zero-order chi connectivity index (χ0) is 13.1. The first-order chi connectivity index (χ1) is 7.85. The van der Waals surface area contributed by atoms with E-state index in [1.807, 2.05) is 13.8 Å². The average Bonchev–Trinajstić information content (AvgIpc) is 2.72. The summed E-state index contributed by atoms with van der Waals surface area (Å²) < 4.78 is 6.82. The number of rotatable bonds is 5. The Balaban J connectivity index is 2.54. The normalized spacial score (nSPS) is 13.5. The Morgan fingerprint density at radius 1 is 1.71 bits per heavy atom. The summed E-state index contributed by atoms with van der Waals surface area (Å²) in [6.07, 6.45) is 3.32. The Kier molecular flexibility index (Phi) is 4.25. The first-order valence-electron chi connectivity index (χ1n) is 5.43. The van der Waals surface area contributed by atoms with E-state index in [0.29, 0.717) is 12.1 Å². The average molecular weight is 240 g/mol. The van der Waals surface area contributed by atoms with Gasteiger partial charge in [0.05, 0.1) is 11.8 Å². The summed E-state index contributed by atoms with van der Waals surface area (Å²) in [6, 6.07) is -0.698. The lowest BCUT2D eigenvalue weighted by Crippen LogP contribution is -2.43. The van der Waals surface area contributed by atoms with Crippen molar-refractivity contribution in [1.82, 2.24) is 15.1 Å². The van der Waals surface area contributed by atoms with Gasteiger partial charge in [-0.05, 0) is 13.8 Å². The number of amides is 1. The summed E-state index contributed by atoms with van der Waals surface area (Å²) in [4.78, 5) is 11.8. The van der Waals surface area contributed by atoms with Crippen molar-refractivity contribution in [2.75, 3.05) is 13.7 Å². The van der Waals surface area contributed by atoms with Crippen LogP contribution in [0.3, 0.4) is 0 Å². The molecular weight excluding hydrogens is 220 g/mol. The van der Waals surface area contributed by atoms with E-state index in [1.54, 1.807) is 31.2 Å². The molecule has 1 rings (SSSR count). The Labute approximate surface area is 101 Å². The molecule has 0 aliphatic rings. The van der Waals surface area contributed by atoms with Crippen molar-refractivity contribution in [2.24, 2.45) is 12.8 Å². The molecule has 0 fully saturated rings. The molecule has 1 unspecified atom stereocenters. The number of ether oxygens (including phenoxy) is 1. The lowest BCUT2D eigenvalue weighted by atomic mass is 10.1. The van der Waals surface area contributed by atoms with E-state index in [0.717, 1.165) is 0 Å². The molecule has 1 aromatic rings. The van der Waals surface area contributed by atoms with E-state index in [-0.39, 0.29) is 5.91 Å². The van der Waals surface area contributed by atoms with Crippen LogP contribution < -0.4 is 11.1 Å². The highest BCUT2D eigenvalue weighted by molar-refractivity contribution is 5.82. The number of nitrogens with two attached hydrogens (primary N) is 1. The monoisotopic (exact) mass is 240 g/mol. The maximum absolute atomic E-state index is 11.8. The lowest BCUT2D eigenvalue weighted by Gasteiger charge is -2.23. The molecule has 0 spiro atoms. The number of carbonyl (C=O) groups is 1. The van der Waals surface area contributed by atoms with Crippen LogP contribution in [-0.4, -0.2) is 34.9 Å². The van der Waals surface area contributed by atoms with E-state index in [2.05, 4.69) is 10.4 Å². The van der Waals surface area contributed by atoms with Gasteiger partial charge in [-0.15, -0.1) is 0 Å². The summed E-state index contributed by atoms with van der Waals surface area (Å²) in [5.41, 5.74) is 6.11. The lowest BCUT2D eigenvalue weighted by molar-refractivity contribution is -0.123. The predicted molar refractivity (Wildman–Crippen MR) is 64.2 cm³/mol. The van der Waals surface area contributed by atoms with Crippen LogP contribution in [0.5, 0.6) is 0 Å². The second kappa shape index (κ2) is 5.29. The van der Waals surface area contributed by atoms with E-state index < -0.39 is 11.6 Å². The number of carbonyl (C=O) groups excluding carboxylic acids is 1. The quantitative estimate of drug-likeness (QED) is 0.756. The summed E-state index contributed by atoms with van der Waals surface area (Å²) in [6.45, 7) is 4.20. The molecule has 1 amide bonds. The van der Waals surface area contributed by atoms with Crippen molar-refractivity contribution >= 4 is 5.91 Å². The fourth-order valence-electron chi connectivity index (χ4n) is 1.23. The van der Waals surface area contributed by atoms with Crippen LogP contribution in [0, 0.1) is 0 Å². The van der Waals surface area contributed by atoms with Gasteiger partial charge in [0.1, 0.15) is 6.04 Å². The molecule has 6 nitrogen and oxygen atoms in total. The van der Waals surface area contributed by atoms with Crippen molar-refractivity contribution in [2.45, 2.75) is 25.5 Å². The molecule has 0 aliphatic carbocycles. The van der Waals surface area contributed by atoms with Crippen LogP contribution in [0.2, 0.25) is 0 Å². The molecular formula is C11H20N4O2. The topological polar surface area (TPSA) is 82.2 Å². The van der Waals surface area contributed by atoms with Gasteiger partial charge in [-0.25, -0.2) is 0 Å². The molecule has 1 aromatic heterocycles. The van der Waals surface area contributed by atoms with Crippen LogP contribution in [0.4, 0.5) is 0 Å². The zero-order valence-electron chi connectivity index (χ0n) is 10.7. The molecule has 6 heteroatoms. The van der Waals surface area contributed by atoms with Crippen molar-refractivity contribution < 1.29 is 9.53 Å². The Hall–Kier alpha value is -1.40. The van der Waals surface area contributed by atoms with Gasteiger partial charge in [-0.1, -0.05) is 0 Å². The van der Waals surface area contributed by atoms with Gasteiger partial charge in [-0.2, -0.15) is 5.10 Å². The van der Waals surface area contributed by atoms with Crippen LogP contribution in [-0.2, 0) is 16.6 Å². The van der Waals surface area contributed by atoms with Gasteiger partial charge < -0.3 is 15.8 Å². The standard InChI is InChI=1S/C11H20N4O2/c1-11(2,17-4)7-13-10(16)9(12)8-5-14-15(3)6-8/h5-6,9H,7,12H2,1-4H3,(H,13,16). The third kappa shape index (κ3) is 3.83. The molecule has 0 bridgehead atoms.